The van der Waals surface area contributed by atoms with Gasteiger partial charge in [0.1, 0.15) is 6.10 Å². The van der Waals surface area contributed by atoms with Gasteiger partial charge in [-0.3, -0.25) is 0 Å². The Labute approximate surface area is 155 Å². The van der Waals surface area contributed by atoms with E-state index >= 15 is 0 Å². The number of ether oxygens (including phenoxy) is 2. The molecule has 0 radical (unpaired) electrons. The standard InChI is InChI=1S/C20H22O7/c1-10-4-16-20-9-26-18(24)19(10,7-14(22)11-2-3-25-8-11)15(20)6-12(21)5-13(20)17(23)27-16/h2-3,5,8,12,14-16,18,21-22,24H,1,4,6-7,9H2/t12-,14+,15-,16?,18-,19-,20-/m1/s1. The molecule has 7 heteroatoms. The van der Waals surface area contributed by atoms with Crippen molar-refractivity contribution in [3.63, 3.8) is 0 Å². The largest absolute Gasteiger partial charge is 0.472 e. The summed E-state index contributed by atoms with van der Waals surface area (Å²) >= 11 is 0. The Kier molecular flexibility index (Phi) is 3.53. The predicted octanol–water partition coefficient (Wildman–Crippen LogP) is 1.22. The molecular weight excluding hydrogens is 352 g/mol. The SMILES string of the molecule is C=C1CC2OC(=O)C3=C[C@@H](O)C[C@@H]4[C@]1(C[C@H](O)c1ccoc1)[C@H](O)OC[C@]324. The number of esters is 1. The van der Waals surface area contributed by atoms with Gasteiger partial charge in [0.05, 0.1) is 36.8 Å². The molecule has 3 N–H and O–H groups in total. The minimum Gasteiger partial charge on any atom is -0.472 e. The third kappa shape index (κ3) is 2.03. The van der Waals surface area contributed by atoms with Crippen molar-refractivity contribution in [1.29, 1.82) is 0 Å². The zero-order chi connectivity index (χ0) is 19.0. The maximum atomic E-state index is 12.5. The summed E-state index contributed by atoms with van der Waals surface area (Å²) in [6.07, 6.45) is 2.05. The molecule has 3 heterocycles. The number of aliphatic hydroxyl groups excluding tert-OH is 3. The second kappa shape index (κ2) is 5.54. The molecule has 1 unspecified atom stereocenters. The van der Waals surface area contributed by atoms with E-state index in [1.165, 1.54) is 12.5 Å². The van der Waals surface area contributed by atoms with Crippen LogP contribution in [0.1, 0.15) is 30.9 Å². The van der Waals surface area contributed by atoms with Gasteiger partial charge in [-0.2, -0.15) is 0 Å². The summed E-state index contributed by atoms with van der Waals surface area (Å²) in [7, 11) is 0. The van der Waals surface area contributed by atoms with Crippen LogP contribution in [0.15, 0.2) is 46.8 Å². The Morgan fingerprint density at radius 3 is 2.93 bits per heavy atom. The van der Waals surface area contributed by atoms with Crippen LogP contribution in [-0.2, 0) is 14.3 Å². The van der Waals surface area contributed by atoms with Gasteiger partial charge >= 0.3 is 5.97 Å². The third-order valence-corrected chi connectivity index (χ3v) is 7.09. The van der Waals surface area contributed by atoms with Gasteiger partial charge in [-0.05, 0) is 30.9 Å². The average molecular weight is 374 g/mol. The highest BCUT2D eigenvalue weighted by Crippen LogP contribution is 2.68. The maximum Gasteiger partial charge on any atom is 0.334 e. The molecule has 2 aliphatic carbocycles. The Hall–Kier alpha value is -1.93. The van der Waals surface area contributed by atoms with Crippen LogP contribution in [0.2, 0.25) is 0 Å². The zero-order valence-electron chi connectivity index (χ0n) is 14.7. The summed E-state index contributed by atoms with van der Waals surface area (Å²) in [6, 6.07) is 1.67. The van der Waals surface area contributed by atoms with E-state index in [0.717, 1.165) is 0 Å². The highest BCUT2D eigenvalue weighted by molar-refractivity contribution is 5.93. The molecule has 7 nitrogen and oxygen atoms in total. The van der Waals surface area contributed by atoms with E-state index < -0.39 is 41.4 Å². The summed E-state index contributed by atoms with van der Waals surface area (Å²) in [5.41, 5.74) is -0.0342. The van der Waals surface area contributed by atoms with Crippen molar-refractivity contribution in [2.24, 2.45) is 16.7 Å². The van der Waals surface area contributed by atoms with Crippen LogP contribution in [0.3, 0.4) is 0 Å². The van der Waals surface area contributed by atoms with Gasteiger partial charge in [-0.15, -0.1) is 0 Å². The van der Waals surface area contributed by atoms with Crippen LogP contribution in [0, 0.1) is 16.7 Å². The molecule has 144 valence electrons. The average Bonchev–Trinajstić information content (AvgIpc) is 3.24. The van der Waals surface area contributed by atoms with Crippen LogP contribution in [0.5, 0.6) is 0 Å². The van der Waals surface area contributed by atoms with E-state index in [1.807, 2.05) is 0 Å². The van der Waals surface area contributed by atoms with Crippen LogP contribution in [0.25, 0.3) is 0 Å². The van der Waals surface area contributed by atoms with E-state index in [2.05, 4.69) is 6.58 Å². The van der Waals surface area contributed by atoms with E-state index in [1.54, 1.807) is 12.1 Å². The number of rotatable bonds is 3. The summed E-state index contributed by atoms with van der Waals surface area (Å²) in [4.78, 5) is 12.5. The number of carbonyl (C=O) groups excluding carboxylic acids is 1. The van der Waals surface area contributed by atoms with Gasteiger partial charge in [0, 0.05) is 23.0 Å². The Morgan fingerprint density at radius 2 is 2.19 bits per heavy atom. The maximum absolute atomic E-state index is 12.5. The van der Waals surface area contributed by atoms with Gasteiger partial charge in [-0.25, -0.2) is 4.79 Å². The molecule has 2 aliphatic heterocycles. The first-order valence-corrected chi connectivity index (χ1v) is 9.19. The summed E-state index contributed by atoms with van der Waals surface area (Å²) < 4.78 is 16.5. The molecular formula is C20H22O7. The molecule has 5 rings (SSSR count). The lowest BCUT2D eigenvalue weighted by molar-refractivity contribution is -0.284. The summed E-state index contributed by atoms with van der Waals surface area (Å²) in [5, 5.41) is 32.2. The number of aliphatic hydroxyl groups is 3. The van der Waals surface area contributed by atoms with Crippen molar-refractivity contribution >= 4 is 5.97 Å². The number of hydrogen-bond donors (Lipinski definition) is 3. The van der Waals surface area contributed by atoms with E-state index in [-0.39, 0.29) is 18.9 Å². The van der Waals surface area contributed by atoms with E-state index in [0.29, 0.717) is 29.6 Å². The molecule has 1 aromatic heterocycles. The molecule has 0 amide bonds. The fourth-order valence-corrected chi connectivity index (χ4v) is 5.84. The highest BCUT2D eigenvalue weighted by atomic mass is 16.6. The van der Waals surface area contributed by atoms with Gasteiger partial charge in [0.15, 0.2) is 6.29 Å². The van der Waals surface area contributed by atoms with Crippen molar-refractivity contribution in [3.05, 3.63) is 48.0 Å². The minimum atomic E-state index is -1.19. The van der Waals surface area contributed by atoms with Crippen LogP contribution in [-0.4, -0.2) is 46.4 Å². The molecule has 3 fully saturated rings. The topological polar surface area (TPSA) is 109 Å². The van der Waals surface area contributed by atoms with Crippen molar-refractivity contribution in [1.82, 2.24) is 0 Å². The first-order valence-electron chi connectivity index (χ1n) is 9.19. The van der Waals surface area contributed by atoms with Crippen molar-refractivity contribution in [2.75, 3.05) is 6.61 Å². The van der Waals surface area contributed by atoms with Gasteiger partial charge in [-0.1, -0.05) is 12.2 Å². The molecule has 7 atom stereocenters. The molecule has 2 saturated heterocycles. The number of furan rings is 1. The van der Waals surface area contributed by atoms with Crippen LogP contribution in [0.4, 0.5) is 0 Å². The molecule has 27 heavy (non-hydrogen) atoms. The second-order valence-electron chi connectivity index (χ2n) is 8.16. The lowest BCUT2D eigenvalue weighted by atomic mass is 9.45. The van der Waals surface area contributed by atoms with Crippen molar-refractivity contribution in [2.45, 2.75) is 43.9 Å². The van der Waals surface area contributed by atoms with Crippen LogP contribution < -0.4 is 0 Å². The highest BCUT2D eigenvalue weighted by Gasteiger charge is 2.72. The first-order chi connectivity index (χ1) is 12.9. The third-order valence-electron chi connectivity index (χ3n) is 7.09. The van der Waals surface area contributed by atoms with Gasteiger partial charge in [0.25, 0.3) is 0 Å². The monoisotopic (exact) mass is 374 g/mol. The first kappa shape index (κ1) is 17.2. The smallest absolute Gasteiger partial charge is 0.334 e. The zero-order valence-corrected chi connectivity index (χ0v) is 14.7. The molecule has 2 bridgehead atoms. The fourth-order valence-electron chi connectivity index (χ4n) is 5.84. The minimum absolute atomic E-state index is 0.143. The molecule has 1 aromatic rings. The summed E-state index contributed by atoms with van der Waals surface area (Å²) in [5.74, 6) is -0.772. The van der Waals surface area contributed by atoms with Gasteiger partial charge in [0.2, 0.25) is 0 Å². The quantitative estimate of drug-likeness (QED) is 0.539. The van der Waals surface area contributed by atoms with Crippen molar-refractivity contribution in [3.8, 4) is 0 Å². The Bertz CT molecular complexity index is 827. The van der Waals surface area contributed by atoms with E-state index in [4.69, 9.17) is 13.9 Å². The molecule has 1 saturated carbocycles. The Morgan fingerprint density at radius 1 is 1.37 bits per heavy atom. The van der Waals surface area contributed by atoms with E-state index in [9.17, 15) is 20.1 Å². The lowest BCUT2D eigenvalue weighted by Gasteiger charge is -2.62. The normalized spacial score (nSPS) is 43.7. The van der Waals surface area contributed by atoms with Crippen LogP contribution >= 0.6 is 0 Å². The second-order valence-corrected chi connectivity index (χ2v) is 8.16. The molecule has 0 aromatic carbocycles. The Balaban J connectivity index is 1.64. The van der Waals surface area contributed by atoms with Crippen molar-refractivity contribution < 1.29 is 34.0 Å². The van der Waals surface area contributed by atoms with Gasteiger partial charge < -0.3 is 29.2 Å². The lowest BCUT2D eigenvalue weighted by Crippen LogP contribution is -2.66. The molecule has 1 spiro atoms. The summed E-state index contributed by atoms with van der Waals surface area (Å²) in [6.45, 7) is 4.32. The number of hydrogen-bond acceptors (Lipinski definition) is 7. The molecule has 4 aliphatic rings. The number of carbonyl (C=O) groups is 1. The predicted molar refractivity (Wildman–Crippen MR) is 90.9 cm³/mol. The fraction of sp³-hybridized carbons (Fsp3) is 0.550.